The van der Waals surface area contributed by atoms with E-state index in [4.69, 9.17) is 0 Å². The third-order valence-corrected chi connectivity index (χ3v) is 6.10. The maximum atomic E-state index is 12.9. The number of fused-ring (bicyclic) bond motifs is 1. The molecule has 2 atom stereocenters. The number of carbonyl (C=O) groups is 1. The molecular weight excluding hydrogens is 306 g/mol. The van der Waals surface area contributed by atoms with Crippen LogP contribution >= 0.6 is 11.8 Å². The van der Waals surface area contributed by atoms with Gasteiger partial charge in [0.05, 0.1) is 10.9 Å². The Kier molecular flexibility index (Phi) is 3.89. The highest BCUT2D eigenvalue weighted by Gasteiger charge is 2.34. The molecule has 23 heavy (non-hydrogen) atoms. The molecular formula is C18H21N3OS. The summed E-state index contributed by atoms with van der Waals surface area (Å²) in [7, 11) is 0. The number of amides is 1. The topological polar surface area (TPSA) is 49.0 Å². The number of hydrogen-bond donors (Lipinski definition) is 1. The van der Waals surface area contributed by atoms with E-state index in [-0.39, 0.29) is 5.25 Å². The molecule has 0 spiro atoms. The summed E-state index contributed by atoms with van der Waals surface area (Å²) >= 11 is 1.73. The van der Waals surface area contributed by atoms with Crippen molar-refractivity contribution in [1.29, 1.82) is 0 Å². The quantitative estimate of drug-likeness (QED) is 0.922. The summed E-state index contributed by atoms with van der Waals surface area (Å²) in [6.07, 6.45) is 3.04. The third kappa shape index (κ3) is 2.90. The molecule has 4 nitrogen and oxygen atoms in total. The molecule has 120 valence electrons. The SMILES string of the molecule is Cc1cc(C2CCCN(C(=O)C3Cc4ccccc4S3)C2)n[nH]1. The van der Waals surface area contributed by atoms with Crippen LogP contribution in [0.2, 0.25) is 0 Å². The van der Waals surface area contributed by atoms with Crippen LogP contribution < -0.4 is 0 Å². The van der Waals surface area contributed by atoms with E-state index in [1.807, 2.05) is 6.92 Å². The summed E-state index contributed by atoms with van der Waals surface area (Å²) in [4.78, 5) is 16.3. The molecule has 1 amide bonds. The van der Waals surface area contributed by atoms with Crippen LogP contribution in [-0.4, -0.2) is 39.3 Å². The van der Waals surface area contributed by atoms with Crippen molar-refractivity contribution in [3.8, 4) is 0 Å². The van der Waals surface area contributed by atoms with Gasteiger partial charge in [-0.3, -0.25) is 9.89 Å². The average molecular weight is 327 g/mol. The fourth-order valence-corrected chi connectivity index (χ4v) is 4.87. The molecule has 2 aliphatic rings. The second-order valence-corrected chi connectivity index (χ2v) is 7.76. The first-order chi connectivity index (χ1) is 11.2. The summed E-state index contributed by atoms with van der Waals surface area (Å²) in [5.74, 6) is 0.662. The molecule has 1 N–H and O–H groups in total. The minimum atomic E-state index is 0.0482. The molecule has 0 radical (unpaired) electrons. The normalized spacial score (nSPS) is 23.8. The number of aryl methyl sites for hydroxylation is 1. The van der Waals surface area contributed by atoms with E-state index in [9.17, 15) is 4.79 Å². The van der Waals surface area contributed by atoms with Crippen LogP contribution in [0.1, 0.15) is 35.7 Å². The predicted molar refractivity (Wildman–Crippen MR) is 91.7 cm³/mol. The highest BCUT2D eigenvalue weighted by atomic mass is 32.2. The van der Waals surface area contributed by atoms with Gasteiger partial charge < -0.3 is 4.90 Å². The molecule has 1 aromatic carbocycles. The Balaban J connectivity index is 1.45. The maximum absolute atomic E-state index is 12.9. The number of nitrogens with zero attached hydrogens (tertiary/aromatic N) is 2. The number of piperidine rings is 1. The number of H-pyrrole nitrogens is 1. The molecule has 5 heteroatoms. The molecule has 4 rings (SSSR count). The Morgan fingerprint density at radius 2 is 2.26 bits per heavy atom. The van der Waals surface area contributed by atoms with Crippen LogP contribution in [0, 0.1) is 6.92 Å². The standard InChI is InChI=1S/C18H21N3OS/c1-12-9-15(20-19-12)14-6-4-8-21(11-14)18(22)17-10-13-5-2-3-7-16(13)23-17/h2-3,5,7,9,14,17H,4,6,8,10-11H2,1H3,(H,19,20). The molecule has 0 saturated carbocycles. The summed E-state index contributed by atoms with van der Waals surface area (Å²) in [5.41, 5.74) is 3.50. The molecule has 2 aliphatic heterocycles. The molecule has 1 aromatic heterocycles. The maximum Gasteiger partial charge on any atom is 0.236 e. The van der Waals surface area contributed by atoms with Crippen LogP contribution in [0.15, 0.2) is 35.2 Å². The van der Waals surface area contributed by atoms with Gasteiger partial charge in [-0.1, -0.05) is 18.2 Å². The number of hydrogen-bond acceptors (Lipinski definition) is 3. The van der Waals surface area contributed by atoms with E-state index >= 15 is 0 Å². The van der Waals surface area contributed by atoms with Gasteiger partial charge in [0.2, 0.25) is 5.91 Å². The zero-order chi connectivity index (χ0) is 15.8. The lowest BCUT2D eigenvalue weighted by molar-refractivity contribution is -0.131. The Bertz CT molecular complexity index is 702. The largest absolute Gasteiger partial charge is 0.341 e. The number of aromatic amines is 1. The number of rotatable bonds is 2. The molecule has 0 aliphatic carbocycles. The van der Waals surface area contributed by atoms with Crippen LogP contribution in [0.4, 0.5) is 0 Å². The Morgan fingerprint density at radius 3 is 3.04 bits per heavy atom. The highest BCUT2D eigenvalue weighted by Crippen LogP contribution is 2.38. The van der Waals surface area contributed by atoms with Gasteiger partial charge in [-0.25, -0.2) is 0 Å². The molecule has 3 heterocycles. The smallest absolute Gasteiger partial charge is 0.236 e. The van der Waals surface area contributed by atoms with Gasteiger partial charge in [0.15, 0.2) is 0 Å². The summed E-state index contributed by atoms with van der Waals surface area (Å²) in [5, 5.41) is 7.46. The fourth-order valence-electron chi connectivity index (χ4n) is 3.59. The van der Waals surface area contributed by atoms with E-state index in [2.05, 4.69) is 45.4 Å². The van der Waals surface area contributed by atoms with Crippen molar-refractivity contribution < 1.29 is 4.79 Å². The van der Waals surface area contributed by atoms with Gasteiger partial charge in [0, 0.05) is 29.6 Å². The summed E-state index contributed by atoms with van der Waals surface area (Å²) in [6.45, 7) is 3.71. The van der Waals surface area contributed by atoms with E-state index in [1.165, 1.54) is 10.5 Å². The number of aromatic nitrogens is 2. The lowest BCUT2D eigenvalue weighted by Crippen LogP contribution is -2.43. The zero-order valence-electron chi connectivity index (χ0n) is 13.3. The first kappa shape index (κ1) is 14.8. The first-order valence-electron chi connectivity index (χ1n) is 8.26. The van der Waals surface area contributed by atoms with E-state index in [0.717, 1.165) is 43.7 Å². The van der Waals surface area contributed by atoms with E-state index < -0.39 is 0 Å². The van der Waals surface area contributed by atoms with Gasteiger partial charge in [-0.2, -0.15) is 5.10 Å². The molecule has 1 saturated heterocycles. The molecule has 1 fully saturated rings. The molecule has 0 bridgehead atoms. The van der Waals surface area contributed by atoms with Crippen molar-refractivity contribution in [2.75, 3.05) is 13.1 Å². The van der Waals surface area contributed by atoms with Crippen LogP contribution in [0.5, 0.6) is 0 Å². The fraction of sp³-hybridized carbons (Fsp3) is 0.444. The van der Waals surface area contributed by atoms with Crippen molar-refractivity contribution >= 4 is 17.7 Å². The Labute approximate surface area is 140 Å². The van der Waals surface area contributed by atoms with Crippen LogP contribution in [-0.2, 0) is 11.2 Å². The number of nitrogens with one attached hydrogen (secondary N) is 1. The Hall–Kier alpha value is -1.75. The average Bonchev–Trinajstić information content (AvgIpc) is 3.20. The van der Waals surface area contributed by atoms with Crippen molar-refractivity contribution in [2.24, 2.45) is 0 Å². The van der Waals surface area contributed by atoms with Crippen molar-refractivity contribution in [1.82, 2.24) is 15.1 Å². The van der Waals surface area contributed by atoms with Gasteiger partial charge in [0.1, 0.15) is 0 Å². The van der Waals surface area contributed by atoms with Crippen molar-refractivity contribution in [3.05, 3.63) is 47.3 Å². The van der Waals surface area contributed by atoms with E-state index in [1.54, 1.807) is 11.8 Å². The van der Waals surface area contributed by atoms with Gasteiger partial charge in [-0.05, 0) is 43.9 Å². The predicted octanol–water partition coefficient (Wildman–Crippen LogP) is 3.14. The summed E-state index contributed by atoms with van der Waals surface area (Å²) < 4.78 is 0. The van der Waals surface area contributed by atoms with Gasteiger partial charge in [-0.15, -0.1) is 11.8 Å². The number of benzene rings is 1. The minimum Gasteiger partial charge on any atom is -0.341 e. The lowest BCUT2D eigenvalue weighted by atomic mass is 9.94. The molecule has 2 aromatic rings. The zero-order valence-corrected chi connectivity index (χ0v) is 14.1. The lowest BCUT2D eigenvalue weighted by Gasteiger charge is -2.33. The second kappa shape index (κ2) is 6.04. The van der Waals surface area contributed by atoms with Crippen LogP contribution in [0.3, 0.4) is 0 Å². The van der Waals surface area contributed by atoms with Gasteiger partial charge in [0.25, 0.3) is 0 Å². The van der Waals surface area contributed by atoms with Crippen molar-refractivity contribution in [3.63, 3.8) is 0 Å². The monoisotopic (exact) mass is 327 g/mol. The number of carbonyl (C=O) groups excluding carboxylic acids is 1. The third-order valence-electron chi connectivity index (χ3n) is 4.80. The minimum absolute atomic E-state index is 0.0482. The number of likely N-dealkylation sites (tertiary alicyclic amines) is 1. The Morgan fingerprint density at radius 1 is 1.39 bits per heavy atom. The van der Waals surface area contributed by atoms with E-state index in [0.29, 0.717) is 11.8 Å². The van der Waals surface area contributed by atoms with Gasteiger partial charge >= 0.3 is 0 Å². The second-order valence-electron chi connectivity index (χ2n) is 6.52. The summed E-state index contributed by atoms with van der Waals surface area (Å²) in [6, 6.07) is 10.5. The van der Waals surface area contributed by atoms with Crippen molar-refractivity contribution in [2.45, 2.75) is 42.2 Å². The highest BCUT2D eigenvalue weighted by molar-refractivity contribution is 8.01. The first-order valence-corrected chi connectivity index (χ1v) is 9.14. The molecule has 2 unspecified atom stereocenters. The number of thioether (sulfide) groups is 1. The van der Waals surface area contributed by atoms with Crippen LogP contribution in [0.25, 0.3) is 0 Å².